The van der Waals surface area contributed by atoms with Crippen molar-refractivity contribution in [2.75, 3.05) is 45.8 Å². The van der Waals surface area contributed by atoms with E-state index in [9.17, 15) is 4.79 Å². The van der Waals surface area contributed by atoms with Crippen molar-refractivity contribution < 1.29 is 9.53 Å². The van der Waals surface area contributed by atoms with Crippen molar-refractivity contribution in [1.29, 1.82) is 0 Å². The predicted octanol–water partition coefficient (Wildman–Crippen LogP) is 5.84. The third-order valence-electron chi connectivity index (χ3n) is 9.40. The van der Waals surface area contributed by atoms with E-state index in [2.05, 4.69) is 45.9 Å². The molecule has 2 aromatic rings. The highest BCUT2D eigenvalue weighted by atomic mass is 16.5. The molecule has 3 aliphatic rings. The second kappa shape index (κ2) is 12.9. The number of carbonyl (C=O) groups excluding carboxylic acids is 1. The van der Waals surface area contributed by atoms with Crippen LogP contribution in [0.4, 0.5) is 0 Å². The van der Waals surface area contributed by atoms with Crippen molar-refractivity contribution in [3.8, 4) is 5.75 Å². The van der Waals surface area contributed by atoms with E-state index >= 15 is 0 Å². The first-order valence-corrected chi connectivity index (χ1v) is 15.5. The quantitative estimate of drug-likeness (QED) is 0.408. The average molecular weight is 532 g/mol. The molecule has 0 aromatic heterocycles. The zero-order valence-corrected chi connectivity index (χ0v) is 24.5. The van der Waals surface area contributed by atoms with Gasteiger partial charge >= 0.3 is 0 Å². The zero-order chi connectivity index (χ0) is 27.2. The highest BCUT2D eigenvalue weighted by Crippen LogP contribution is 2.39. The molecule has 5 rings (SSSR count). The molecule has 2 saturated heterocycles. The summed E-state index contributed by atoms with van der Waals surface area (Å²) in [5.74, 6) is 1.07. The second-order valence-electron chi connectivity index (χ2n) is 12.6. The van der Waals surface area contributed by atoms with E-state index in [0.29, 0.717) is 6.42 Å². The molecule has 212 valence electrons. The van der Waals surface area contributed by atoms with Gasteiger partial charge in [0.1, 0.15) is 5.75 Å². The first kappa shape index (κ1) is 28.2. The monoisotopic (exact) mass is 531 g/mol. The molecule has 1 aliphatic carbocycles. The summed E-state index contributed by atoms with van der Waals surface area (Å²) >= 11 is 0. The minimum Gasteiger partial charge on any atom is -0.491 e. The van der Waals surface area contributed by atoms with Crippen molar-refractivity contribution in [3.63, 3.8) is 0 Å². The van der Waals surface area contributed by atoms with E-state index < -0.39 is 0 Å². The Morgan fingerprint density at radius 3 is 2.44 bits per heavy atom. The fourth-order valence-corrected chi connectivity index (χ4v) is 7.03. The fourth-order valence-electron chi connectivity index (χ4n) is 7.03. The van der Waals surface area contributed by atoms with E-state index in [-0.39, 0.29) is 17.4 Å². The van der Waals surface area contributed by atoms with Gasteiger partial charge in [-0.25, -0.2) is 0 Å². The number of benzene rings is 2. The van der Waals surface area contributed by atoms with Crippen LogP contribution in [0.2, 0.25) is 0 Å². The highest BCUT2D eigenvalue weighted by Gasteiger charge is 2.41. The first-order chi connectivity index (χ1) is 18.9. The van der Waals surface area contributed by atoms with Crippen LogP contribution in [0.15, 0.2) is 48.5 Å². The molecule has 2 aromatic carbocycles. The summed E-state index contributed by atoms with van der Waals surface area (Å²) in [5.41, 5.74) is 3.76. The number of hydrogen-bond acceptors (Lipinski definition) is 4. The Hall–Kier alpha value is -2.37. The summed E-state index contributed by atoms with van der Waals surface area (Å²) in [7, 11) is 0. The third kappa shape index (κ3) is 7.24. The normalized spacial score (nSPS) is 23.4. The summed E-state index contributed by atoms with van der Waals surface area (Å²) in [6.45, 7) is 13.8. The van der Waals surface area contributed by atoms with Crippen LogP contribution in [0.5, 0.6) is 5.75 Å². The van der Waals surface area contributed by atoms with Crippen molar-refractivity contribution in [3.05, 3.63) is 65.2 Å². The highest BCUT2D eigenvalue weighted by molar-refractivity contribution is 5.79. The molecule has 1 atom stereocenters. The maximum atomic E-state index is 13.5. The summed E-state index contributed by atoms with van der Waals surface area (Å²) in [6.07, 6.45) is 9.76. The Morgan fingerprint density at radius 2 is 1.72 bits per heavy atom. The molecular formula is C34H49N3O2. The van der Waals surface area contributed by atoms with E-state index in [1.165, 1.54) is 69.4 Å². The van der Waals surface area contributed by atoms with Gasteiger partial charge in [-0.15, -0.1) is 0 Å². The zero-order valence-electron chi connectivity index (χ0n) is 24.5. The van der Waals surface area contributed by atoms with Crippen LogP contribution in [0.3, 0.4) is 0 Å². The van der Waals surface area contributed by atoms with Gasteiger partial charge in [0.25, 0.3) is 0 Å². The van der Waals surface area contributed by atoms with Crippen LogP contribution in [0.1, 0.15) is 75.5 Å². The Labute approximate surface area is 236 Å². The van der Waals surface area contributed by atoms with E-state index in [1.54, 1.807) is 0 Å². The lowest BCUT2D eigenvalue weighted by atomic mass is 9.76. The van der Waals surface area contributed by atoms with E-state index in [1.807, 2.05) is 38.1 Å². The van der Waals surface area contributed by atoms with Gasteiger partial charge in [-0.1, -0.05) is 61.2 Å². The van der Waals surface area contributed by atoms with Crippen molar-refractivity contribution in [2.24, 2.45) is 0 Å². The molecule has 2 heterocycles. The Kier molecular flexibility index (Phi) is 9.29. The Morgan fingerprint density at radius 1 is 0.974 bits per heavy atom. The molecule has 0 radical (unpaired) electrons. The molecule has 0 N–H and O–H groups in total. The van der Waals surface area contributed by atoms with Gasteiger partial charge in [-0.2, -0.15) is 0 Å². The molecule has 0 spiro atoms. The third-order valence-corrected chi connectivity index (χ3v) is 9.40. The lowest BCUT2D eigenvalue weighted by Gasteiger charge is -2.41. The lowest BCUT2D eigenvalue weighted by molar-refractivity contribution is -0.129. The summed E-state index contributed by atoms with van der Waals surface area (Å²) < 4.78 is 5.86. The predicted molar refractivity (Wildman–Crippen MR) is 159 cm³/mol. The van der Waals surface area contributed by atoms with Gasteiger partial charge in [-0.05, 0) is 76.3 Å². The molecule has 0 bridgehead atoms. The minimum absolute atomic E-state index is 0.0342. The SMILES string of the molecule is Cc1ccc(C2(CCN3CCN(C4CCCCC4)CC3)CCN(C(=O)Cc3cccc(OC(C)C)c3)C2)cc1. The van der Waals surface area contributed by atoms with Crippen molar-refractivity contribution in [1.82, 2.24) is 14.7 Å². The number of ether oxygens (including phenoxy) is 1. The molecule has 1 amide bonds. The van der Waals surface area contributed by atoms with Crippen LogP contribution < -0.4 is 4.74 Å². The van der Waals surface area contributed by atoms with Gasteiger partial charge in [0.15, 0.2) is 0 Å². The van der Waals surface area contributed by atoms with Crippen LogP contribution in [-0.4, -0.2) is 78.6 Å². The Bertz CT molecular complexity index is 1070. The van der Waals surface area contributed by atoms with Crippen molar-refractivity contribution >= 4 is 5.91 Å². The molecule has 5 nitrogen and oxygen atoms in total. The maximum absolute atomic E-state index is 13.5. The lowest BCUT2D eigenvalue weighted by Crippen LogP contribution is -2.51. The average Bonchev–Trinajstić information content (AvgIpc) is 3.39. The molecule has 1 saturated carbocycles. The van der Waals surface area contributed by atoms with Crippen molar-refractivity contribution in [2.45, 2.75) is 89.7 Å². The van der Waals surface area contributed by atoms with Crippen LogP contribution in [0, 0.1) is 6.92 Å². The number of carbonyl (C=O) groups is 1. The van der Waals surface area contributed by atoms with Crippen LogP contribution in [0.25, 0.3) is 0 Å². The minimum atomic E-state index is 0.0342. The number of nitrogens with zero attached hydrogens (tertiary/aromatic N) is 3. The van der Waals surface area contributed by atoms with Crippen LogP contribution in [-0.2, 0) is 16.6 Å². The number of aryl methyl sites for hydroxylation is 1. The fraction of sp³-hybridized carbons (Fsp3) is 0.618. The smallest absolute Gasteiger partial charge is 0.227 e. The van der Waals surface area contributed by atoms with E-state index in [0.717, 1.165) is 49.8 Å². The van der Waals surface area contributed by atoms with Gasteiger partial charge in [0.05, 0.1) is 12.5 Å². The van der Waals surface area contributed by atoms with Gasteiger partial charge < -0.3 is 14.5 Å². The van der Waals surface area contributed by atoms with Crippen LogP contribution >= 0.6 is 0 Å². The van der Waals surface area contributed by atoms with Gasteiger partial charge in [0.2, 0.25) is 5.91 Å². The van der Waals surface area contributed by atoms with Gasteiger partial charge in [0, 0.05) is 50.7 Å². The number of likely N-dealkylation sites (tertiary alicyclic amines) is 1. The number of piperazine rings is 1. The van der Waals surface area contributed by atoms with Gasteiger partial charge in [-0.3, -0.25) is 9.69 Å². The standard InChI is InChI=1S/C34H49N3O2/c1-27(2)39-32-11-7-8-29(24-32)25-33(38)37-19-17-34(26-37,30-14-12-28(3)13-15-30)16-18-35-20-22-36(23-21-35)31-9-5-4-6-10-31/h7-8,11-15,24,27,31H,4-6,9-10,16-23,25-26H2,1-3H3. The summed E-state index contributed by atoms with van der Waals surface area (Å²) in [4.78, 5) is 21.1. The molecule has 1 unspecified atom stereocenters. The Balaban J connectivity index is 1.21. The number of rotatable bonds is 9. The molecule has 39 heavy (non-hydrogen) atoms. The molecule has 2 aliphatic heterocycles. The topological polar surface area (TPSA) is 36.0 Å². The molecule has 5 heteroatoms. The van der Waals surface area contributed by atoms with E-state index in [4.69, 9.17) is 4.74 Å². The summed E-state index contributed by atoms with van der Waals surface area (Å²) in [6, 6.07) is 18.0. The second-order valence-corrected chi connectivity index (χ2v) is 12.6. The molecular weight excluding hydrogens is 482 g/mol. The number of hydrogen-bond donors (Lipinski definition) is 0. The maximum Gasteiger partial charge on any atom is 0.227 e. The molecule has 3 fully saturated rings. The summed E-state index contributed by atoms with van der Waals surface area (Å²) in [5, 5.41) is 0. The first-order valence-electron chi connectivity index (χ1n) is 15.5. The number of amides is 1. The largest absolute Gasteiger partial charge is 0.491 e.